The van der Waals surface area contributed by atoms with E-state index in [0.717, 1.165) is 0 Å². The summed E-state index contributed by atoms with van der Waals surface area (Å²) < 4.78 is 5.41. The summed E-state index contributed by atoms with van der Waals surface area (Å²) in [4.78, 5) is 14.2. The van der Waals surface area contributed by atoms with Crippen molar-refractivity contribution >= 4 is 28.9 Å². The number of hydrogen-bond acceptors (Lipinski definition) is 4. The Morgan fingerprint density at radius 2 is 2.05 bits per heavy atom. The Morgan fingerprint density at radius 1 is 1.26 bits per heavy atom. The van der Waals surface area contributed by atoms with E-state index in [0.29, 0.717) is 16.5 Å². The third-order valence-corrected chi connectivity index (χ3v) is 2.95. The first-order chi connectivity index (χ1) is 9.08. The third kappa shape index (κ3) is 3.33. The molecular formula is C12H8Cl2N2O3. The molecule has 0 aliphatic carbocycles. The highest BCUT2D eigenvalue weighted by Gasteiger charge is 2.17. The Hall–Kier alpha value is -1.85. The van der Waals surface area contributed by atoms with E-state index in [1.165, 1.54) is 18.3 Å². The van der Waals surface area contributed by atoms with Gasteiger partial charge in [0.1, 0.15) is 17.5 Å². The maximum Gasteiger partial charge on any atom is 0.277 e. The minimum atomic E-state index is -0.495. The minimum absolute atomic E-state index is 0.0146. The summed E-state index contributed by atoms with van der Waals surface area (Å²) in [5, 5.41) is 11.5. The number of halogens is 2. The molecule has 0 saturated heterocycles. The van der Waals surface area contributed by atoms with Gasteiger partial charge < -0.3 is 4.74 Å². The third-order valence-electron chi connectivity index (χ3n) is 2.37. The highest BCUT2D eigenvalue weighted by Crippen LogP contribution is 2.27. The van der Waals surface area contributed by atoms with Crippen molar-refractivity contribution in [2.75, 3.05) is 0 Å². The van der Waals surface area contributed by atoms with Gasteiger partial charge in [-0.2, -0.15) is 0 Å². The van der Waals surface area contributed by atoms with Crippen LogP contribution in [0, 0.1) is 10.1 Å². The van der Waals surface area contributed by atoms with E-state index in [-0.39, 0.29) is 17.3 Å². The molecule has 0 amide bonds. The molecule has 1 aromatic heterocycles. The van der Waals surface area contributed by atoms with Gasteiger partial charge in [0.2, 0.25) is 0 Å². The van der Waals surface area contributed by atoms with E-state index in [1.807, 2.05) is 0 Å². The standard InChI is InChI=1S/C12H8Cl2N2O3/c13-10-2-1-3-11(16(17)18)9(10)7-19-8-4-5-12(14)15-6-8/h1-6H,7H2. The molecule has 0 unspecified atom stereocenters. The maximum atomic E-state index is 10.9. The maximum absolute atomic E-state index is 10.9. The molecule has 0 atom stereocenters. The van der Waals surface area contributed by atoms with Crippen LogP contribution in [0.2, 0.25) is 10.2 Å². The molecule has 5 nitrogen and oxygen atoms in total. The lowest BCUT2D eigenvalue weighted by atomic mass is 10.2. The van der Waals surface area contributed by atoms with Gasteiger partial charge in [-0.25, -0.2) is 4.98 Å². The second-order valence-electron chi connectivity index (χ2n) is 3.60. The van der Waals surface area contributed by atoms with E-state index < -0.39 is 4.92 Å². The summed E-state index contributed by atoms with van der Waals surface area (Å²) in [6.45, 7) is -0.0146. The van der Waals surface area contributed by atoms with Crippen molar-refractivity contribution in [1.82, 2.24) is 4.98 Å². The van der Waals surface area contributed by atoms with Crippen LogP contribution >= 0.6 is 23.2 Å². The van der Waals surface area contributed by atoms with Crippen LogP contribution in [0.25, 0.3) is 0 Å². The van der Waals surface area contributed by atoms with Crippen LogP contribution in [0.4, 0.5) is 5.69 Å². The SMILES string of the molecule is O=[N+]([O-])c1cccc(Cl)c1COc1ccc(Cl)nc1. The van der Waals surface area contributed by atoms with Crippen molar-refractivity contribution in [3.63, 3.8) is 0 Å². The quantitative estimate of drug-likeness (QED) is 0.488. The van der Waals surface area contributed by atoms with Crippen molar-refractivity contribution < 1.29 is 9.66 Å². The Labute approximate surface area is 118 Å². The second kappa shape index (κ2) is 5.86. The van der Waals surface area contributed by atoms with E-state index in [4.69, 9.17) is 27.9 Å². The highest BCUT2D eigenvalue weighted by atomic mass is 35.5. The van der Waals surface area contributed by atoms with E-state index >= 15 is 0 Å². The van der Waals surface area contributed by atoms with E-state index in [2.05, 4.69) is 4.98 Å². The molecule has 2 aromatic rings. The zero-order valence-corrected chi connectivity index (χ0v) is 11.1. The summed E-state index contributed by atoms with van der Waals surface area (Å²) in [5.41, 5.74) is 0.249. The fourth-order valence-electron chi connectivity index (χ4n) is 1.46. The molecule has 0 fully saturated rings. The summed E-state index contributed by atoms with van der Waals surface area (Å²) in [7, 11) is 0. The molecule has 1 heterocycles. The normalized spacial score (nSPS) is 10.2. The smallest absolute Gasteiger partial charge is 0.277 e. The number of nitro benzene ring substituents is 1. The molecule has 7 heteroatoms. The minimum Gasteiger partial charge on any atom is -0.487 e. The lowest BCUT2D eigenvalue weighted by molar-refractivity contribution is -0.385. The number of nitro groups is 1. The molecule has 0 spiro atoms. The molecule has 2 rings (SSSR count). The summed E-state index contributed by atoms with van der Waals surface area (Å²) >= 11 is 11.6. The molecule has 0 N–H and O–H groups in total. The van der Waals surface area contributed by atoms with Gasteiger partial charge in [-0.3, -0.25) is 10.1 Å². The van der Waals surface area contributed by atoms with E-state index in [9.17, 15) is 10.1 Å². The molecular weight excluding hydrogens is 291 g/mol. The monoisotopic (exact) mass is 298 g/mol. The molecule has 0 radical (unpaired) electrons. The zero-order valence-electron chi connectivity index (χ0n) is 9.55. The average molecular weight is 299 g/mol. The first-order valence-electron chi connectivity index (χ1n) is 5.24. The zero-order chi connectivity index (χ0) is 13.8. The molecule has 0 bridgehead atoms. The fraction of sp³-hybridized carbons (Fsp3) is 0.0833. The van der Waals surface area contributed by atoms with Crippen LogP contribution in [0.5, 0.6) is 5.75 Å². The Kier molecular flexibility index (Phi) is 4.19. The average Bonchev–Trinajstić information content (AvgIpc) is 2.39. The highest BCUT2D eigenvalue weighted by molar-refractivity contribution is 6.31. The van der Waals surface area contributed by atoms with Crippen molar-refractivity contribution in [3.05, 3.63) is 62.4 Å². The molecule has 19 heavy (non-hydrogen) atoms. The molecule has 0 aliphatic rings. The van der Waals surface area contributed by atoms with E-state index in [1.54, 1.807) is 18.2 Å². The van der Waals surface area contributed by atoms with Crippen LogP contribution < -0.4 is 4.74 Å². The van der Waals surface area contributed by atoms with Gasteiger partial charge in [0, 0.05) is 6.07 Å². The topological polar surface area (TPSA) is 65.3 Å². The lowest BCUT2D eigenvalue weighted by Crippen LogP contribution is -2.01. The number of nitrogens with zero attached hydrogens (tertiary/aromatic N) is 2. The molecule has 0 aliphatic heterocycles. The number of pyridine rings is 1. The van der Waals surface area contributed by atoms with Crippen molar-refractivity contribution in [2.24, 2.45) is 0 Å². The predicted octanol–water partition coefficient (Wildman–Crippen LogP) is 3.88. The number of benzene rings is 1. The first kappa shape index (κ1) is 13.6. The van der Waals surface area contributed by atoms with Gasteiger partial charge in [0.15, 0.2) is 0 Å². The molecule has 0 saturated carbocycles. The van der Waals surface area contributed by atoms with Crippen LogP contribution in [0.1, 0.15) is 5.56 Å². The van der Waals surface area contributed by atoms with Gasteiger partial charge in [-0.1, -0.05) is 29.3 Å². The van der Waals surface area contributed by atoms with Crippen LogP contribution in [-0.2, 0) is 6.61 Å². The Balaban J connectivity index is 2.19. The molecule has 98 valence electrons. The van der Waals surface area contributed by atoms with Gasteiger partial charge in [0.05, 0.1) is 21.7 Å². The Morgan fingerprint density at radius 3 is 2.68 bits per heavy atom. The summed E-state index contributed by atoms with van der Waals surface area (Å²) in [5.74, 6) is 0.457. The van der Waals surface area contributed by atoms with Crippen molar-refractivity contribution in [2.45, 2.75) is 6.61 Å². The largest absolute Gasteiger partial charge is 0.487 e. The van der Waals surface area contributed by atoms with Gasteiger partial charge in [-0.05, 0) is 18.2 Å². The number of hydrogen-bond donors (Lipinski definition) is 0. The first-order valence-corrected chi connectivity index (χ1v) is 5.99. The van der Waals surface area contributed by atoms with Gasteiger partial charge in [-0.15, -0.1) is 0 Å². The van der Waals surface area contributed by atoms with Crippen LogP contribution in [0.3, 0.4) is 0 Å². The number of ether oxygens (including phenoxy) is 1. The lowest BCUT2D eigenvalue weighted by Gasteiger charge is -2.07. The summed E-state index contributed by atoms with van der Waals surface area (Å²) in [6.07, 6.45) is 1.44. The number of aromatic nitrogens is 1. The molecule has 1 aromatic carbocycles. The predicted molar refractivity (Wildman–Crippen MR) is 71.7 cm³/mol. The van der Waals surface area contributed by atoms with Crippen LogP contribution in [-0.4, -0.2) is 9.91 Å². The summed E-state index contributed by atoms with van der Waals surface area (Å²) in [6, 6.07) is 7.67. The number of rotatable bonds is 4. The Bertz CT molecular complexity index is 602. The van der Waals surface area contributed by atoms with Crippen molar-refractivity contribution in [3.8, 4) is 5.75 Å². The van der Waals surface area contributed by atoms with Gasteiger partial charge in [0.25, 0.3) is 5.69 Å². The van der Waals surface area contributed by atoms with Gasteiger partial charge >= 0.3 is 0 Å². The van der Waals surface area contributed by atoms with Crippen LogP contribution in [0.15, 0.2) is 36.5 Å². The van der Waals surface area contributed by atoms with Crippen molar-refractivity contribution in [1.29, 1.82) is 0 Å². The fourth-order valence-corrected chi connectivity index (χ4v) is 1.80. The second-order valence-corrected chi connectivity index (χ2v) is 4.39.